The lowest BCUT2D eigenvalue weighted by atomic mass is 10.0. The number of carbonyl (C=O) groups is 2. The largest absolute Gasteiger partial charge is 0.494 e. The molecule has 0 unspecified atom stereocenters. The smallest absolute Gasteiger partial charge is 0.343 e. The van der Waals surface area contributed by atoms with Crippen LogP contribution in [0.5, 0.6) is 17.2 Å². The van der Waals surface area contributed by atoms with Crippen LogP contribution < -0.4 is 19.6 Å². The van der Waals surface area contributed by atoms with Gasteiger partial charge in [-0.1, -0.05) is 39.3 Å². The number of benzene rings is 3. The van der Waals surface area contributed by atoms with Crippen LogP contribution in [0, 0.1) is 0 Å². The summed E-state index contributed by atoms with van der Waals surface area (Å²) < 4.78 is 16.5. The number of nitrogens with one attached hydrogen (secondary N) is 1. The fourth-order valence-electron chi connectivity index (χ4n) is 3.12. The standard InChI is InChI=1S/C29H32N2O5/c1-4-5-18-34-25-16-10-24(11-17-25)29(33)36-27-12-6-22(7-13-27)19-30-31-28(32)20-35-26-14-8-23(9-15-26)21(2)3/h6-17,19,21H,4-5,18,20H2,1-3H3,(H,31,32)/b30-19+. The van der Waals surface area contributed by atoms with Crippen LogP contribution in [0.3, 0.4) is 0 Å². The molecule has 0 bridgehead atoms. The molecule has 3 rings (SSSR count). The van der Waals surface area contributed by atoms with Gasteiger partial charge in [0.1, 0.15) is 17.2 Å². The van der Waals surface area contributed by atoms with Crippen LogP contribution in [-0.4, -0.2) is 31.3 Å². The predicted molar refractivity (Wildman–Crippen MR) is 140 cm³/mol. The number of rotatable bonds is 12. The first-order valence-corrected chi connectivity index (χ1v) is 12.0. The van der Waals surface area contributed by atoms with Crippen molar-refractivity contribution in [3.05, 3.63) is 89.5 Å². The lowest BCUT2D eigenvalue weighted by molar-refractivity contribution is -0.123. The molecule has 1 amide bonds. The van der Waals surface area contributed by atoms with Crippen LogP contribution in [0.1, 0.15) is 61.0 Å². The predicted octanol–water partition coefficient (Wildman–Crippen LogP) is 5.74. The molecule has 3 aromatic rings. The third kappa shape index (κ3) is 8.58. The van der Waals surface area contributed by atoms with E-state index in [1.807, 2.05) is 24.3 Å². The Labute approximate surface area is 212 Å². The third-order valence-electron chi connectivity index (χ3n) is 5.27. The highest BCUT2D eigenvalue weighted by Crippen LogP contribution is 2.19. The average Bonchev–Trinajstić information content (AvgIpc) is 2.89. The summed E-state index contributed by atoms with van der Waals surface area (Å²) in [6, 6.07) is 21.3. The molecule has 7 heteroatoms. The highest BCUT2D eigenvalue weighted by atomic mass is 16.5. The van der Waals surface area contributed by atoms with Gasteiger partial charge in [-0.15, -0.1) is 0 Å². The molecule has 1 N–H and O–H groups in total. The molecule has 0 aliphatic carbocycles. The second-order valence-electron chi connectivity index (χ2n) is 8.49. The van der Waals surface area contributed by atoms with E-state index in [1.54, 1.807) is 48.5 Å². The second-order valence-corrected chi connectivity index (χ2v) is 8.49. The first-order chi connectivity index (χ1) is 17.4. The van der Waals surface area contributed by atoms with Crippen molar-refractivity contribution in [2.45, 2.75) is 39.5 Å². The lowest BCUT2D eigenvalue weighted by Crippen LogP contribution is -2.24. The number of carbonyl (C=O) groups excluding carboxylic acids is 2. The van der Waals surface area contributed by atoms with Crippen molar-refractivity contribution in [3.8, 4) is 17.2 Å². The Morgan fingerprint density at radius 3 is 2.11 bits per heavy atom. The van der Waals surface area contributed by atoms with Crippen molar-refractivity contribution >= 4 is 18.1 Å². The maximum Gasteiger partial charge on any atom is 0.343 e. The zero-order valence-electron chi connectivity index (χ0n) is 20.9. The molecule has 0 fully saturated rings. The summed E-state index contributed by atoms with van der Waals surface area (Å²) in [6.07, 6.45) is 3.55. The molecule has 0 aromatic heterocycles. The van der Waals surface area contributed by atoms with Crippen LogP contribution in [0.25, 0.3) is 0 Å². The number of ether oxygens (including phenoxy) is 3. The summed E-state index contributed by atoms with van der Waals surface area (Å²) in [5, 5.41) is 3.94. The number of amides is 1. The van der Waals surface area contributed by atoms with E-state index in [1.165, 1.54) is 11.8 Å². The molecule has 0 aliphatic heterocycles. The van der Waals surface area contributed by atoms with E-state index in [0.717, 1.165) is 24.2 Å². The van der Waals surface area contributed by atoms with Gasteiger partial charge in [0.15, 0.2) is 6.61 Å². The second kappa shape index (κ2) is 13.7. The fraction of sp³-hybridized carbons (Fsp3) is 0.276. The van der Waals surface area contributed by atoms with E-state index in [2.05, 4.69) is 31.3 Å². The van der Waals surface area contributed by atoms with Crippen molar-refractivity contribution in [1.82, 2.24) is 5.43 Å². The van der Waals surface area contributed by atoms with Crippen molar-refractivity contribution < 1.29 is 23.8 Å². The molecule has 0 spiro atoms. The van der Waals surface area contributed by atoms with Gasteiger partial charge >= 0.3 is 5.97 Å². The zero-order chi connectivity index (χ0) is 25.8. The summed E-state index contributed by atoms with van der Waals surface area (Å²) in [5.74, 6) is 1.36. The SMILES string of the molecule is CCCCOc1ccc(C(=O)Oc2ccc(/C=N/NC(=O)COc3ccc(C(C)C)cc3)cc2)cc1. The van der Waals surface area contributed by atoms with Gasteiger partial charge in [0, 0.05) is 0 Å². The van der Waals surface area contributed by atoms with Crippen molar-refractivity contribution in [2.24, 2.45) is 5.10 Å². The minimum atomic E-state index is -0.456. The van der Waals surface area contributed by atoms with Gasteiger partial charge in [-0.05, 0) is 84.1 Å². The van der Waals surface area contributed by atoms with Gasteiger partial charge in [-0.3, -0.25) is 4.79 Å². The first kappa shape index (κ1) is 26.5. The minimum Gasteiger partial charge on any atom is -0.494 e. The molecule has 0 saturated carbocycles. The molecule has 0 aliphatic rings. The molecular formula is C29H32N2O5. The van der Waals surface area contributed by atoms with Crippen LogP contribution in [0.15, 0.2) is 77.9 Å². The zero-order valence-corrected chi connectivity index (χ0v) is 20.9. The summed E-state index contributed by atoms with van der Waals surface area (Å²) in [5.41, 5.74) is 4.80. The molecule has 0 heterocycles. The van der Waals surface area contributed by atoms with Gasteiger partial charge in [0.2, 0.25) is 0 Å². The highest BCUT2D eigenvalue weighted by Gasteiger charge is 2.09. The van der Waals surface area contributed by atoms with Crippen molar-refractivity contribution in [3.63, 3.8) is 0 Å². The van der Waals surface area contributed by atoms with E-state index in [4.69, 9.17) is 14.2 Å². The normalized spacial score (nSPS) is 10.9. The summed E-state index contributed by atoms with van der Waals surface area (Å²) in [7, 11) is 0. The number of hydrazone groups is 1. The molecule has 0 atom stereocenters. The van der Waals surface area contributed by atoms with Crippen molar-refractivity contribution in [1.29, 1.82) is 0 Å². The number of nitrogens with zero attached hydrogens (tertiary/aromatic N) is 1. The molecule has 36 heavy (non-hydrogen) atoms. The van der Waals surface area contributed by atoms with Gasteiger partial charge in [-0.25, -0.2) is 10.2 Å². The molecule has 0 saturated heterocycles. The van der Waals surface area contributed by atoms with Gasteiger partial charge in [0.25, 0.3) is 5.91 Å². The molecule has 188 valence electrons. The average molecular weight is 489 g/mol. The molecular weight excluding hydrogens is 456 g/mol. The van der Waals surface area contributed by atoms with E-state index >= 15 is 0 Å². The topological polar surface area (TPSA) is 86.2 Å². The Balaban J connectivity index is 1.42. The quantitative estimate of drug-likeness (QED) is 0.116. The highest BCUT2D eigenvalue weighted by molar-refractivity contribution is 5.91. The van der Waals surface area contributed by atoms with Crippen molar-refractivity contribution in [2.75, 3.05) is 13.2 Å². The summed E-state index contributed by atoms with van der Waals surface area (Å²) in [4.78, 5) is 24.3. The maximum atomic E-state index is 12.4. The van der Waals surface area contributed by atoms with Crippen LogP contribution >= 0.6 is 0 Å². The van der Waals surface area contributed by atoms with Gasteiger partial charge in [-0.2, -0.15) is 5.10 Å². The summed E-state index contributed by atoms with van der Waals surface area (Å²) in [6.45, 7) is 6.85. The van der Waals surface area contributed by atoms with Gasteiger partial charge in [0.05, 0.1) is 18.4 Å². The Bertz CT molecular complexity index is 1140. The monoisotopic (exact) mass is 488 g/mol. The number of hydrogen-bond acceptors (Lipinski definition) is 6. The lowest BCUT2D eigenvalue weighted by Gasteiger charge is -2.08. The van der Waals surface area contributed by atoms with Crippen LogP contribution in [-0.2, 0) is 4.79 Å². The van der Waals surface area contributed by atoms with Crippen LogP contribution in [0.4, 0.5) is 0 Å². The van der Waals surface area contributed by atoms with E-state index in [-0.39, 0.29) is 12.5 Å². The van der Waals surface area contributed by atoms with E-state index in [9.17, 15) is 9.59 Å². The number of unbranched alkanes of at least 4 members (excludes halogenated alkanes) is 1. The Morgan fingerprint density at radius 1 is 0.861 bits per heavy atom. The Hall–Kier alpha value is -4.13. The minimum absolute atomic E-state index is 0.140. The third-order valence-corrected chi connectivity index (χ3v) is 5.27. The molecule has 7 nitrogen and oxygen atoms in total. The Kier molecular flexibility index (Phi) is 10.1. The van der Waals surface area contributed by atoms with Gasteiger partial charge < -0.3 is 14.2 Å². The number of esters is 1. The maximum absolute atomic E-state index is 12.4. The Morgan fingerprint density at radius 2 is 1.47 bits per heavy atom. The van der Waals surface area contributed by atoms with E-state index in [0.29, 0.717) is 29.6 Å². The number of hydrogen-bond donors (Lipinski definition) is 1. The summed E-state index contributed by atoms with van der Waals surface area (Å²) >= 11 is 0. The molecule has 3 aromatic carbocycles. The fourth-order valence-corrected chi connectivity index (χ4v) is 3.12. The molecule has 0 radical (unpaired) electrons. The van der Waals surface area contributed by atoms with E-state index < -0.39 is 5.97 Å². The van der Waals surface area contributed by atoms with Crippen LogP contribution in [0.2, 0.25) is 0 Å². The first-order valence-electron chi connectivity index (χ1n) is 12.0.